The minimum Gasteiger partial charge on any atom is -0.309 e. The first-order chi connectivity index (χ1) is 11.3. The summed E-state index contributed by atoms with van der Waals surface area (Å²) in [6.45, 7) is 0.230. The van der Waals surface area contributed by atoms with Crippen molar-refractivity contribution in [2.45, 2.75) is 11.4 Å². The van der Waals surface area contributed by atoms with Gasteiger partial charge >= 0.3 is 0 Å². The fourth-order valence-electron chi connectivity index (χ4n) is 2.32. The maximum absolute atomic E-state index is 12.2. The molecule has 3 rings (SSSR count). The van der Waals surface area contributed by atoms with Gasteiger partial charge in [-0.25, -0.2) is 12.7 Å². The molecule has 5 nitrogen and oxygen atoms in total. The number of benzene rings is 1. The molecule has 0 spiro atoms. The molecule has 0 amide bonds. The number of hydrogen-bond acceptors (Lipinski definition) is 4. The Labute approximate surface area is 148 Å². The van der Waals surface area contributed by atoms with E-state index in [1.165, 1.54) is 48.3 Å². The van der Waals surface area contributed by atoms with Gasteiger partial charge in [-0.1, -0.05) is 29.8 Å². The normalized spacial score (nSPS) is 12.2. The van der Waals surface area contributed by atoms with Crippen LogP contribution in [0.3, 0.4) is 0 Å². The van der Waals surface area contributed by atoms with E-state index >= 15 is 0 Å². The molecule has 126 valence electrons. The number of nitrogens with zero attached hydrogens (tertiary/aromatic N) is 2. The molecule has 24 heavy (non-hydrogen) atoms. The second kappa shape index (κ2) is 6.33. The van der Waals surface area contributed by atoms with Gasteiger partial charge < -0.3 is 4.57 Å². The van der Waals surface area contributed by atoms with Crippen LogP contribution in [0.5, 0.6) is 0 Å². The molecular weight excluding hydrogens is 368 g/mol. The predicted octanol–water partition coefficient (Wildman–Crippen LogP) is 3.02. The summed E-state index contributed by atoms with van der Waals surface area (Å²) in [4.78, 5) is 13.0. The summed E-state index contributed by atoms with van der Waals surface area (Å²) in [6.07, 6.45) is 1.36. The van der Waals surface area contributed by atoms with E-state index in [4.69, 9.17) is 11.6 Å². The molecule has 2 aromatic heterocycles. The van der Waals surface area contributed by atoms with Gasteiger partial charge in [0.05, 0.1) is 16.5 Å². The van der Waals surface area contributed by atoms with Crippen molar-refractivity contribution in [2.24, 2.45) is 0 Å². The van der Waals surface area contributed by atoms with E-state index in [0.717, 1.165) is 19.3 Å². The van der Waals surface area contributed by atoms with Gasteiger partial charge in [-0.3, -0.25) is 4.79 Å². The van der Waals surface area contributed by atoms with Gasteiger partial charge in [0, 0.05) is 41.3 Å². The van der Waals surface area contributed by atoms with Crippen molar-refractivity contribution in [3.8, 4) is 0 Å². The lowest BCUT2D eigenvalue weighted by molar-refractivity contribution is 0.519. The second-order valence-corrected chi connectivity index (χ2v) is 9.12. The number of hydrogen-bond donors (Lipinski definition) is 0. The van der Waals surface area contributed by atoms with Gasteiger partial charge in [-0.15, -0.1) is 11.3 Å². The summed E-state index contributed by atoms with van der Waals surface area (Å²) in [7, 11) is -0.695. The number of pyridine rings is 1. The number of aromatic nitrogens is 1. The molecule has 2 heterocycles. The van der Waals surface area contributed by atoms with Crippen LogP contribution in [0.25, 0.3) is 10.1 Å². The van der Waals surface area contributed by atoms with Crippen LogP contribution in [-0.2, 0) is 16.6 Å². The Hall–Kier alpha value is -1.67. The van der Waals surface area contributed by atoms with E-state index in [1.54, 1.807) is 0 Å². The zero-order valence-electron chi connectivity index (χ0n) is 13.1. The molecule has 0 N–H and O–H groups in total. The summed E-state index contributed by atoms with van der Waals surface area (Å²) in [5.74, 6) is 0. The van der Waals surface area contributed by atoms with Crippen LogP contribution >= 0.6 is 22.9 Å². The minimum absolute atomic E-state index is 0.0735. The molecule has 0 aliphatic carbocycles. The van der Waals surface area contributed by atoms with Gasteiger partial charge in [0.1, 0.15) is 0 Å². The summed E-state index contributed by atoms with van der Waals surface area (Å²) >= 11 is 7.90. The highest BCUT2D eigenvalue weighted by Crippen LogP contribution is 2.35. The molecular formula is C16H15ClN2O3S2. The Bertz CT molecular complexity index is 1070. The maximum atomic E-state index is 12.2. The lowest BCUT2D eigenvalue weighted by atomic mass is 10.2. The lowest BCUT2D eigenvalue weighted by Gasteiger charge is -2.13. The number of rotatable bonds is 4. The number of fused-ring (bicyclic) bond motifs is 1. The molecule has 0 fully saturated rings. The van der Waals surface area contributed by atoms with Gasteiger partial charge in [0.2, 0.25) is 10.0 Å². The van der Waals surface area contributed by atoms with E-state index < -0.39 is 10.0 Å². The Morgan fingerprint density at radius 2 is 1.88 bits per heavy atom. The van der Waals surface area contributed by atoms with E-state index in [0.29, 0.717) is 5.02 Å². The molecule has 0 atom stereocenters. The molecule has 0 radical (unpaired) electrons. The van der Waals surface area contributed by atoms with Crippen LogP contribution < -0.4 is 5.56 Å². The standard InChI is InChI=1S/C16H15ClN2O3S2/c1-18(2)24(21,22)11-7-8-15(20)19(9-11)10-14-16(17)12-5-3-4-6-13(12)23-14/h3-9H,10H2,1-2H3. The molecule has 8 heteroatoms. The quantitative estimate of drug-likeness (QED) is 0.696. The van der Waals surface area contributed by atoms with Gasteiger partial charge in [0.15, 0.2) is 0 Å². The van der Waals surface area contributed by atoms with E-state index in [9.17, 15) is 13.2 Å². The summed E-state index contributed by atoms with van der Waals surface area (Å²) in [6, 6.07) is 10.3. The third-order valence-electron chi connectivity index (χ3n) is 3.65. The van der Waals surface area contributed by atoms with Crippen LogP contribution in [0.4, 0.5) is 0 Å². The third-order valence-corrected chi connectivity index (χ3v) is 7.15. The maximum Gasteiger partial charge on any atom is 0.250 e. The highest BCUT2D eigenvalue weighted by atomic mass is 35.5. The second-order valence-electron chi connectivity index (χ2n) is 5.45. The summed E-state index contributed by atoms with van der Waals surface area (Å²) < 4.78 is 28.0. The summed E-state index contributed by atoms with van der Waals surface area (Å²) in [5.41, 5.74) is -0.277. The largest absolute Gasteiger partial charge is 0.309 e. The average Bonchev–Trinajstić information content (AvgIpc) is 2.86. The molecule has 0 unspecified atom stereocenters. The lowest BCUT2D eigenvalue weighted by Crippen LogP contribution is -2.26. The van der Waals surface area contributed by atoms with Crippen molar-refractivity contribution in [1.29, 1.82) is 0 Å². The highest BCUT2D eigenvalue weighted by molar-refractivity contribution is 7.89. The molecule has 1 aromatic carbocycles. The van der Waals surface area contributed by atoms with Gasteiger partial charge in [-0.05, 0) is 12.1 Å². The average molecular weight is 383 g/mol. The Kier molecular flexibility index (Phi) is 4.52. The highest BCUT2D eigenvalue weighted by Gasteiger charge is 2.19. The Morgan fingerprint density at radius 1 is 1.17 bits per heavy atom. The van der Waals surface area contributed by atoms with Crippen LogP contribution in [0.2, 0.25) is 5.02 Å². The first kappa shape index (κ1) is 17.2. The van der Waals surface area contributed by atoms with Gasteiger partial charge in [0.25, 0.3) is 5.56 Å². The topological polar surface area (TPSA) is 59.4 Å². The molecule has 0 aliphatic heterocycles. The van der Waals surface area contributed by atoms with Crippen molar-refractivity contribution < 1.29 is 8.42 Å². The van der Waals surface area contributed by atoms with Crippen molar-refractivity contribution in [3.63, 3.8) is 0 Å². The number of thiophene rings is 1. The van der Waals surface area contributed by atoms with Crippen LogP contribution in [0.15, 0.2) is 52.3 Å². The van der Waals surface area contributed by atoms with Crippen molar-refractivity contribution in [1.82, 2.24) is 8.87 Å². The van der Waals surface area contributed by atoms with Gasteiger partial charge in [-0.2, -0.15) is 0 Å². The fourth-order valence-corrected chi connectivity index (χ4v) is 4.73. The predicted molar refractivity (Wildman–Crippen MR) is 97.5 cm³/mol. The first-order valence-electron chi connectivity index (χ1n) is 7.09. The monoisotopic (exact) mass is 382 g/mol. The van der Waals surface area contributed by atoms with E-state index in [-0.39, 0.29) is 17.0 Å². The zero-order chi connectivity index (χ0) is 17.5. The Balaban J connectivity index is 2.06. The first-order valence-corrected chi connectivity index (χ1v) is 9.73. The Morgan fingerprint density at radius 3 is 2.54 bits per heavy atom. The van der Waals surface area contributed by atoms with E-state index in [1.807, 2.05) is 24.3 Å². The van der Waals surface area contributed by atoms with Crippen molar-refractivity contribution in [2.75, 3.05) is 14.1 Å². The van der Waals surface area contributed by atoms with Crippen LogP contribution in [0, 0.1) is 0 Å². The van der Waals surface area contributed by atoms with Crippen molar-refractivity contribution >= 4 is 43.0 Å². The van der Waals surface area contributed by atoms with Crippen LogP contribution in [0.1, 0.15) is 4.88 Å². The smallest absolute Gasteiger partial charge is 0.250 e. The molecule has 0 saturated heterocycles. The molecule has 0 aliphatic rings. The van der Waals surface area contributed by atoms with E-state index in [2.05, 4.69) is 0 Å². The number of halogens is 1. The summed E-state index contributed by atoms with van der Waals surface area (Å²) in [5, 5.41) is 1.53. The SMILES string of the molecule is CN(C)S(=O)(=O)c1ccc(=O)n(Cc2sc3ccccc3c2Cl)c1. The van der Waals surface area contributed by atoms with Crippen molar-refractivity contribution in [3.05, 3.63) is 62.8 Å². The number of sulfonamides is 1. The van der Waals surface area contributed by atoms with Crippen LogP contribution in [-0.4, -0.2) is 31.4 Å². The zero-order valence-corrected chi connectivity index (χ0v) is 15.5. The molecule has 0 saturated carbocycles. The molecule has 3 aromatic rings. The minimum atomic E-state index is -3.60. The fraction of sp³-hybridized carbons (Fsp3) is 0.188. The third kappa shape index (κ3) is 3.00. The molecule has 0 bridgehead atoms.